The van der Waals surface area contributed by atoms with Gasteiger partial charge < -0.3 is 16.4 Å². The maximum absolute atomic E-state index is 13.3. The molecule has 4 N–H and O–H groups in total. The van der Waals surface area contributed by atoms with E-state index >= 15 is 0 Å². The molecule has 0 saturated carbocycles. The first kappa shape index (κ1) is 12.0. The molecule has 1 aromatic carbocycles. The number of hydrogen-bond acceptors (Lipinski definition) is 3. The van der Waals surface area contributed by atoms with Crippen molar-refractivity contribution >= 4 is 5.91 Å². The molecule has 0 bridgehead atoms. The fourth-order valence-corrected chi connectivity index (χ4v) is 1.91. The predicted octanol–water partition coefficient (Wildman–Crippen LogP) is 0.131. The van der Waals surface area contributed by atoms with Gasteiger partial charge in [-0.25, -0.2) is 4.39 Å². The third kappa shape index (κ3) is 3.01. The van der Waals surface area contributed by atoms with E-state index in [2.05, 4.69) is 10.6 Å². The van der Waals surface area contributed by atoms with Crippen LogP contribution in [0, 0.1) is 5.82 Å². The molecular weight excluding hydrogens is 221 g/mol. The summed E-state index contributed by atoms with van der Waals surface area (Å²) in [6, 6.07) is 6.18. The third-order valence-corrected chi connectivity index (χ3v) is 2.89. The first-order valence-electron chi connectivity index (χ1n) is 5.67. The highest BCUT2D eigenvalue weighted by Gasteiger charge is 2.26. The van der Waals surface area contributed by atoms with Crippen LogP contribution >= 0.6 is 0 Å². The van der Waals surface area contributed by atoms with E-state index in [4.69, 9.17) is 5.73 Å². The van der Waals surface area contributed by atoms with E-state index in [1.54, 1.807) is 18.2 Å². The number of hydrogen-bond donors (Lipinski definition) is 3. The molecule has 17 heavy (non-hydrogen) atoms. The van der Waals surface area contributed by atoms with E-state index < -0.39 is 0 Å². The average molecular weight is 237 g/mol. The Balaban J connectivity index is 1.86. The molecule has 5 heteroatoms. The lowest BCUT2D eigenvalue weighted by atomic mass is 10.1. The van der Waals surface area contributed by atoms with Gasteiger partial charge in [0.05, 0.1) is 6.04 Å². The van der Waals surface area contributed by atoms with Gasteiger partial charge in [-0.3, -0.25) is 4.79 Å². The molecule has 2 rings (SSSR count). The number of nitrogens with two attached hydrogens (primary N) is 1. The van der Waals surface area contributed by atoms with Gasteiger partial charge in [0, 0.05) is 24.7 Å². The van der Waals surface area contributed by atoms with Gasteiger partial charge in [-0.05, 0) is 12.5 Å². The van der Waals surface area contributed by atoms with Gasteiger partial charge in [0.1, 0.15) is 5.82 Å². The minimum atomic E-state index is -0.302. The Morgan fingerprint density at radius 3 is 2.94 bits per heavy atom. The highest BCUT2D eigenvalue weighted by Crippen LogP contribution is 2.07. The Kier molecular flexibility index (Phi) is 3.71. The van der Waals surface area contributed by atoms with Gasteiger partial charge in [-0.15, -0.1) is 0 Å². The summed E-state index contributed by atoms with van der Waals surface area (Å²) in [6.45, 7) is 0.858. The molecule has 0 aromatic heterocycles. The van der Waals surface area contributed by atoms with Crippen molar-refractivity contribution in [3.8, 4) is 0 Å². The average Bonchev–Trinajstić information content (AvgIpc) is 2.74. The molecule has 4 nitrogen and oxygen atoms in total. The van der Waals surface area contributed by atoms with Gasteiger partial charge in [0.25, 0.3) is 0 Å². The Bertz CT molecular complexity index is 410. The highest BCUT2D eigenvalue weighted by atomic mass is 19.1. The molecule has 92 valence electrons. The van der Waals surface area contributed by atoms with Gasteiger partial charge in [0.2, 0.25) is 5.91 Å². The van der Waals surface area contributed by atoms with Crippen molar-refractivity contribution in [3.05, 3.63) is 35.6 Å². The van der Waals surface area contributed by atoms with Crippen molar-refractivity contribution in [2.24, 2.45) is 5.73 Å². The number of carbonyl (C=O) groups is 1. The molecule has 2 atom stereocenters. The molecule has 1 aliphatic rings. The van der Waals surface area contributed by atoms with Crippen LogP contribution in [-0.4, -0.2) is 24.5 Å². The smallest absolute Gasteiger partial charge is 0.237 e. The third-order valence-electron chi connectivity index (χ3n) is 2.89. The number of amides is 1. The van der Waals surface area contributed by atoms with Gasteiger partial charge in [0.15, 0.2) is 0 Å². The zero-order valence-electron chi connectivity index (χ0n) is 9.45. The molecule has 0 aliphatic carbocycles. The summed E-state index contributed by atoms with van der Waals surface area (Å²) in [4.78, 5) is 11.7. The van der Waals surface area contributed by atoms with Crippen LogP contribution in [0.3, 0.4) is 0 Å². The normalized spacial score (nSPS) is 23.6. The molecule has 1 amide bonds. The fourth-order valence-electron chi connectivity index (χ4n) is 1.91. The second-order valence-corrected chi connectivity index (χ2v) is 4.27. The summed E-state index contributed by atoms with van der Waals surface area (Å²) in [5, 5.41) is 5.73. The van der Waals surface area contributed by atoms with Crippen LogP contribution in [-0.2, 0) is 11.3 Å². The number of rotatable bonds is 3. The summed E-state index contributed by atoms with van der Waals surface area (Å²) < 4.78 is 13.3. The van der Waals surface area contributed by atoms with Crippen LogP contribution in [0.4, 0.5) is 4.39 Å². The van der Waals surface area contributed by atoms with Crippen molar-refractivity contribution < 1.29 is 9.18 Å². The van der Waals surface area contributed by atoms with Crippen molar-refractivity contribution in [2.75, 3.05) is 6.54 Å². The SMILES string of the molecule is NC1CNC(C(=O)NCc2ccccc2F)C1. The van der Waals surface area contributed by atoms with E-state index in [0.29, 0.717) is 18.5 Å². The Morgan fingerprint density at radius 2 is 2.29 bits per heavy atom. The van der Waals surface area contributed by atoms with Crippen molar-refractivity contribution in [2.45, 2.75) is 25.0 Å². The number of benzene rings is 1. The maximum Gasteiger partial charge on any atom is 0.237 e. The lowest BCUT2D eigenvalue weighted by molar-refractivity contribution is -0.122. The molecular formula is C12H16FN3O. The van der Waals surface area contributed by atoms with Crippen LogP contribution in [0.2, 0.25) is 0 Å². The summed E-state index contributed by atoms with van der Waals surface area (Å²) in [5.74, 6) is -0.426. The maximum atomic E-state index is 13.3. The number of halogens is 1. The second kappa shape index (κ2) is 5.25. The van der Waals surface area contributed by atoms with E-state index in [-0.39, 0.29) is 30.4 Å². The number of nitrogens with one attached hydrogen (secondary N) is 2. The van der Waals surface area contributed by atoms with E-state index in [1.165, 1.54) is 6.07 Å². The van der Waals surface area contributed by atoms with E-state index in [1.807, 2.05) is 0 Å². The zero-order chi connectivity index (χ0) is 12.3. The van der Waals surface area contributed by atoms with Crippen molar-refractivity contribution in [3.63, 3.8) is 0 Å². The predicted molar refractivity (Wildman–Crippen MR) is 62.6 cm³/mol. The largest absolute Gasteiger partial charge is 0.351 e. The molecule has 0 spiro atoms. The van der Waals surface area contributed by atoms with Crippen LogP contribution in [0.25, 0.3) is 0 Å². The first-order valence-corrected chi connectivity index (χ1v) is 5.67. The summed E-state index contributed by atoms with van der Waals surface area (Å²) in [6.07, 6.45) is 0.628. The molecule has 2 unspecified atom stereocenters. The van der Waals surface area contributed by atoms with Crippen molar-refractivity contribution in [1.29, 1.82) is 0 Å². The zero-order valence-corrected chi connectivity index (χ0v) is 9.45. The van der Waals surface area contributed by atoms with E-state index in [9.17, 15) is 9.18 Å². The van der Waals surface area contributed by atoms with Crippen molar-refractivity contribution in [1.82, 2.24) is 10.6 Å². The minimum absolute atomic E-state index is 0.0270. The monoisotopic (exact) mass is 237 g/mol. The lowest BCUT2D eigenvalue weighted by Crippen LogP contribution is -2.40. The first-order chi connectivity index (χ1) is 8.16. The van der Waals surface area contributed by atoms with Crippen LogP contribution in [0.5, 0.6) is 0 Å². The second-order valence-electron chi connectivity index (χ2n) is 4.27. The van der Waals surface area contributed by atoms with Crippen LogP contribution in [0.1, 0.15) is 12.0 Å². The van der Waals surface area contributed by atoms with Gasteiger partial charge in [-0.2, -0.15) is 0 Å². The summed E-state index contributed by atoms with van der Waals surface area (Å²) in [7, 11) is 0. The Morgan fingerprint density at radius 1 is 1.53 bits per heavy atom. The standard InChI is InChI=1S/C12H16FN3O/c13-10-4-2-1-3-8(10)6-16-12(17)11-5-9(14)7-15-11/h1-4,9,11,15H,5-7,14H2,(H,16,17). The topological polar surface area (TPSA) is 67.1 Å². The highest BCUT2D eigenvalue weighted by molar-refractivity contribution is 5.82. The summed E-state index contributed by atoms with van der Waals surface area (Å²) >= 11 is 0. The van der Waals surface area contributed by atoms with Crippen LogP contribution in [0.15, 0.2) is 24.3 Å². The minimum Gasteiger partial charge on any atom is -0.351 e. The summed E-state index contributed by atoms with van der Waals surface area (Å²) in [5.41, 5.74) is 6.18. The molecule has 1 heterocycles. The van der Waals surface area contributed by atoms with Gasteiger partial charge >= 0.3 is 0 Å². The van der Waals surface area contributed by atoms with Gasteiger partial charge in [-0.1, -0.05) is 18.2 Å². The molecule has 0 radical (unpaired) electrons. The number of carbonyl (C=O) groups excluding carboxylic acids is 1. The molecule has 1 aliphatic heterocycles. The fraction of sp³-hybridized carbons (Fsp3) is 0.417. The Labute approximate surface area is 99.4 Å². The molecule has 1 fully saturated rings. The van der Waals surface area contributed by atoms with E-state index in [0.717, 1.165) is 0 Å². The molecule has 1 saturated heterocycles. The molecule has 1 aromatic rings. The Hall–Kier alpha value is -1.46. The lowest BCUT2D eigenvalue weighted by Gasteiger charge is -2.11. The quantitative estimate of drug-likeness (QED) is 0.700. The van der Waals surface area contributed by atoms with Crippen LogP contribution < -0.4 is 16.4 Å².